The van der Waals surface area contributed by atoms with Crippen molar-refractivity contribution in [3.8, 4) is 22.5 Å². The van der Waals surface area contributed by atoms with E-state index in [1.807, 2.05) is 81.0 Å². The minimum absolute atomic E-state index is 0.0646. The van der Waals surface area contributed by atoms with E-state index in [-0.39, 0.29) is 56.1 Å². The van der Waals surface area contributed by atoms with E-state index >= 15 is 8.78 Å². The Hall–Kier alpha value is -5.72. The molecule has 0 N–H and O–H groups in total. The van der Waals surface area contributed by atoms with E-state index in [1.54, 1.807) is 11.0 Å². The number of fused-ring (bicyclic) bond motifs is 2. The van der Waals surface area contributed by atoms with Gasteiger partial charge in [-0.25, -0.2) is 13.6 Å². The molecule has 3 aromatic carbocycles. The standard InChI is InChI=1S/C52H65F2N3O8/c1-33(13-10-11-15-47(60)64-51(4,5)6)29-43-41-22-20-38(53)30-45(41)56(25-27-62-34(2)58)48(43)36-16-18-37(19-17-36)49-44(32-40-14-12-24-55(40)50(61)65-52(7,8)9)42-23-21-39(54)31-46(42)57(49)26-28-63-35(3)59/h16-23,30-31,33,40H,10-15,24-29,32H2,1-9H3/t33-,40-/m0/s1. The molecule has 0 unspecified atom stereocenters. The van der Waals surface area contributed by atoms with Gasteiger partial charge in [0, 0.05) is 43.6 Å². The normalized spacial score (nSPS) is 14.8. The van der Waals surface area contributed by atoms with Crippen LogP contribution in [-0.2, 0) is 59.3 Å². The Labute approximate surface area is 381 Å². The number of hydrogen-bond acceptors (Lipinski definition) is 8. The summed E-state index contributed by atoms with van der Waals surface area (Å²) in [6, 6.07) is 17.4. The van der Waals surface area contributed by atoms with Crippen molar-refractivity contribution in [2.75, 3.05) is 19.8 Å². The smallest absolute Gasteiger partial charge is 0.410 e. The van der Waals surface area contributed by atoms with Gasteiger partial charge in [0.1, 0.15) is 36.1 Å². The minimum atomic E-state index is -0.664. The van der Waals surface area contributed by atoms with Crippen molar-refractivity contribution in [2.45, 2.75) is 144 Å². The molecule has 2 atom stereocenters. The van der Waals surface area contributed by atoms with Gasteiger partial charge in [0.2, 0.25) is 0 Å². The van der Waals surface area contributed by atoms with Crippen molar-refractivity contribution in [1.29, 1.82) is 0 Å². The van der Waals surface area contributed by atoms with Crippen LogP contribution in [-0.4, -0.2) is 75.0 Å². The topological polar surface area (TPSA) is 118 Å². The van der Waals surface area contributed by atoms with Crippen molar-refractivity contribution < 1.29 is 46.9 Å². The Morgan fingerprint density at radius 3 is 1.72 bits per heavy atom. The lowest BCUT2D eigenvalue weighted by molar-refractivity contribution is -0.155. The maximum atomic E-state index is 15.1. The van der Waals surface area contributed by atoms with E-state index < -0.39 is 29.0 Å². The van der Waals surface area contributed by atoms with Gasteiger partial charge >= 0.3 is 24.0 Å². The number of ether oxygens (including phenoxy) is 4. The first-order valence-corrected chi connectivity index (χ1v) is 22.9. The number of benzene rings is 3. The number of aromatic nitrogens is 2. The summed E-state index contributed by atoms with van der Waals surface area (Å²) in [6.45, 7) is 17.3. The highest BCUT2D eigenvalue weighted by atomic mass is 19.1. The summed E-state index contributed by atoms with van der Waals surface area (Å²) in [7, 11) is 0. The number of nitrogens with zero attached hydrogens (tertiary/aromatic N) is 3. The molecule has 5 aromatic rings. The second kappa shape index (κ2) is 20.6. The molecule has 3 heterocycles. The molecule has 11 nitrogen and oxygen atoms in total. The van der Waals surface area contributed by atoms with E-state index in [9.17, 15) is 19.2 Å². The zero-order valence-electron chi connectivity index (χ0n) is 39.5. The number of halogens is 2. The van der Waals surface area contributed by atoms with Crippen molar-refractivity contribution in [2.24, 2.45) is 5.92 Å². The molecular formula is C52H65F2N3O8. The van der Waals surface area contributed by atoms with Gasteiger partial charge in [0.05, 0.1) is 35.5 Å². The lowest BCUT2D eigenvalue weighted by Gasteiger charge is -2.29. The van der Waals surface area contributed by atoms with E-state index in [0.717, 1.165) is 70.1 Å². The number of unbranched alkanes of at least 4 members (excludes halogenated alkanes) is 1. The Morgan fingerprint density at radius 1 is 0.708 bits per heavy atom. The van der Waals surface area contributed by atoms with Crippen LogP contribution in [0, 0.1) is 17.6 Å². The van der Waals surface area contributed by atoms with Crippen molar-refractivity contribution in [1.82, 2.24) is 14.0 Å². The number of carbonyl (C=O) groups excluding carboxylic acids is 4. The monoisotopic (exact) mass is 897 g/mol. The third kappa shape index (κ3) is 12.6. The number of rotatable bonds is 17. The Balaban J connectivity index is 1.43. The van der Waals surface area contributed by atoms with E-state index in [4.69, 9.17) is 18.9 Å². The average Bonchev–Trinajstić information content (AvgIpc) is 3.88. The van der Waals surface area contributed by atoms with Gasteiger partial charge in [-0.2, -0.15) is 0 Å². The van der Waals surface area contributed by atoms with Gasteiger partial charge in [-0.3, -0.25) is 14.4 Å². The SMILES string of the molecule is CC(=O)OCCn1c(-c2ccc(-c3c(C[C@@H]4CCCN4C(=O)OC(C)(C)C)c4ccc(F)cc4n3CCOC(C)=O)cc2)c(C[C@@H](C)CCCCC(=O)OC(C)(C)C)c2ccc(F)cc21. The fourth-order valence-corrected chi connectivity index (χ4v) is 9.12. The van der Waals surface area contributed by atoms with Gasteiger partial charge in [-0.15, -0.1) is 0 Å². The van der Waals surface area contributed by atoms with Crippen LogP contribution in [0.3, 0.4) is 0 Å². The quantitative estimate of drug-likeness (QED) is 0.0514. The summed E-state index contributed by atoms with van der Waals surface area (Å²) in [5.74, 6) is -1.63. The summed E-state index contributed by atoms with van der Waals surface area (Å²) < 4.78 is 56.4. The lowest BCUT2D eigenvalue weighted by atomic mass is 9.91. The van der Waals surface area contributed by atoms with Gasteiger partial charge in [-0.1, -0.05) is 44.0 Å². The van der Waals surface area contributed by atoms with Gasteiger partial charge in [0.15, 0.2) is 0 Å². The van der Waals surface area contributed by atoms with Crippen molar-refractivity contribution in [3.05, 3.63) is 83.4 Å². The van der Waals surface area contributed by atoms with Gasteiger partial charge in [0.25, 0.3) is 0 Å². The number of hydrogen-bond donors (Lipinski definition) is 0. The molecule has 6 rings (SSSR count). The molecule has 0 radical (unpaired) electrons. The zero-order valence-corrected chi connectivity index (χ0v) is 39.5. The molecule has 1 fully saturated rings. The summed E-state index contributed by atoms with van der Waals surface area (Å²) in [5, 5.41) is 1.73. The van der Waals surface area contributed by atoms with Crippen LogP contribution in [0.2, 0.25) is 0 Å². The summed E-state index contributed by atoms with van der Waals surface area (Å²) in [5.41, 5.74) is 5.48. The third-order valence-corrected chi connectivity index (χ3v) is 11.7. The first-order valence-electron chi connectivity index (χ1n) is 22.9. The Kier molecular flexibility index (Phi) is 15.5. The highest BCUT2D eigenvalue weighted by Gasteiger charge is 2.34. The van der Waals surface area contributed by atoms with E-state index in [2.05, 4.69) is 6.92 Å². The Morgan fingerprint density at radius 2 is 1.22 bits per heavy atom. The fourth-order valence-electron chi connectivity index (χ4n) is 9.12. The highest BCUT2D eigenvalue weighted by Crippen LogP contribution is 2.41. The Bertz CT molecular complexity index is 2510. The average molecular weight is 898 g/mol. The zero-order chi connectivity index (χ0) is 47.2. The molecule has 1 aliphatic rings. The molecule has 2 aromatic heterocycles. The molecule has 350 valence electrons. The largest absolute Gasteiger partial charge is 0.464 e. The number of carbonyl (C=O) groups is 4. The molecule has 1 saturated heterocycles. The lowest BCUT2D eigenvalue weighted by Crippen LogP contribution is -2.40. The molecule has 1 aliphatic heterocycles. The fraction of sp³-hybridized carbons (Fsp3) is 0.500. The molecule has 0 bridgehead atoms. The summed E-state index contributed by atoms with van der Waals surface area (Å²) >= 11 is 0. The molecule has 13 heteroatoms. The van der Waals surface area contributed by atoms with Crippen LogP contribution in [0.5, 0.6) is 0 Å². The predicted octanol–water partition coefficient (Wildman–Crippen LogP) is 11.4. The predicted molar refractivity (Wildman–Crippen MR) is 248 cm³/mol. The van der Waals surface area contributed by atoms with Crippen LogP contribution in [0.4, 0.5) is 13.6 Å². The van der Waals surface area contributed by atoms with Gasteiger partial charge in [-0.05, 0) is 138 Å². The van der Waals surface area contributed by atoms with Crippen LogP contribution < -0.4 is 0 Å². The number of esters is 3. The first-order chi connectivity index (χ1) is 30.7. The van der Waals surface area contributed by atoms with Crippen molar-refractivity contribution in [3.63, 3.8) is 0 Å². The van der Waals surface area contributed by atoms with Crippen LogP contribution in [0.1, 0.15) is 112 Å². The highest BCUT2D eigenvalue weighted by molar-refractivity contribution is 5.94. The second-order valence-corrected chi connectivity index (χ2v) is 19.4. The maximum absolute atomic E-state index is 15.1. The molecule has 0 aliphatic carbocycles. The second-order valence-electron chi connectivity index (χ2n) is 19.4. The van der Waals surface area contributed by atoms with Crippen LogP contribution in [0.25, 0.3) is 44.3 Å². The molecule has 0 spiro atoms. The maximum Gasteiger partial charge on any atom is 0.410 e. The van der Waals surface area contributed by atoms with E-state index in [0.29, 0.717) is 43.3 Å². The van der Waals surface area contributed by atoms with Crippen LogP contribution >= 0.6 is 0 Å². The molecule has 65 heavy (non-hydrogen) atoms. The summed E-state index contributed by atoms with van der Waals surface area (Å²) in [4.78, 5) is 51.5. The number of amides is 1. The van der Waals surface area contributed by atoms with Gasteiger partial charge < -0.3 is 33.0 Å². The number of likely N-dealkylation sites (tertiary alicyclic amines) is 1. The first kappa shape index (κ1) is 48.7. The molecular weight excluding hydrogens is 833 g/mol. The summed E-state index contributed by atoms with van der Waals surface area (Å²) in [6.07, 6.45) is 5.10. The van der Waals surface area contributed by atoms with Crippen molar-refractivity contribution >= 4 is 45.8 Å². The van der Waals surface area contributed by atoms with E-state index in [1.165, 1.54) is 38.1 Å². The van der Waals surface area contributed by atoms with Crippen LogP contribution in [0.15, 0.2) is 60.7 Å². The minimum Gasteiger partial charge on any atom is -0.464 e. The third-order valence-electron chi connectivity index (χ3n) is 11.7. The molecule has 0 saturated carbocycles. The molecule has 1 amide bonds.